The van der Waals surface area contributed by atoms with Gasteiger partial charge in [0.1, 0.15) is 0 Å². The maximum absolute atomic E-state index is 10.6. The molecule has 0 saturated carbocycles. The molecule has 2 aliphatic rings. The summed E-state index contributed by atoms with van der Waals surface area (Å²) >= 11 is 0. The average molecular weight is 207 g/mol. The first kappa shape index (κ1) is 11.0. The number of rotatable bonds is 3. The number of hydrogen-bond donors (Lipinski definition) is 1. The maximum atomic E-state index is 10.6. The molecule has 2 heteroatoms. The maximum Gasteiger partial charge on any atom is 0.0814 e. The summed E-state index contributed by atoms with van der Waals surface area (Å²) in [6.45, 7) is 2.26. The van der Waals surface area contributed by atoms with E-state index < -0.39 is 5.60 Å². The Morgan fingerprint density at radius 3 is 3.07 bits per heavy atom. The Kier molecular flexibility index (Phi) is 3.33. The third kappa shape index (κ3) is 2.19. The first-order valence-electron chi connectivity index (χ1n) is 6.16. The van der Waals surface area contributed by atoms with Crippen LogP contribution < -0.4 is 0 Å². The molecule has 0 aliphatic carbocycles. The van der Waals surface area contributed by atoms with E-state index in [0.717, 1.165) is 32.2 Å². The lowest BCUT2D eigenvalue weighted by Gasteiger charge is -2.37. The molecule has 0 amide bonds. The highest BCUT2D eigenvalue weighted by atomic mass is 16.3. The number of hydrogen-bond acceptors (Lipinski definition) is 2. The molecule has 0 spiro atoms. The van der Waals surface area contributed by atoms with Gasteiger partial charge in [0, 0.05) is 19.0 Å². The summed E-state index contributed by atoms with van der Waals surface area (Å²) in [7, 11) is 0. The van der Waals surface area contributed by atoms with Crippen LogP contribution in [0.1, 0.15) is 44.9 Å². The van der Waals surface area contributed by atoms with Crippen molar-refractivity contribution in [2.24, 2.45) is 0 Å². The zero-order chi connectivity index (χ0) is 10.7. The number of terminal acetylenes is 1. The van der Waals surface area contributed by atoms with Gasteiger partial charge in [-0.15, -0.1) is 12.3 Å². The van der Waals surface area contributed by atoms with Crippen LogP contribution in [0.3, 0.4) is 0 Å². The Labute approximate surface area is 92.7 Å². The van der Waals surface area contributed by atoms with Crippen LogP contribution in [0.2, 0.25) is 0 Å². The summed E-state index contributed by atoms with van der Waals surface area (Å²) in [5.41, 5.74) is -0.433. The second-order valence-corrected chi connectivity index (χ2v) is 4.96. The van der Waals surface area contributed by atoms with Gasteiger partial charge in [-0.2, -0.15) is 0 Å². The van der Waals surface area contributed by atoms with Crippen molar-refractivity contribution in [3.05, 3.63) is 0 Å². The van der Waals surface area contributed by atoms with E-state index in [1.165, 1.54) is 25.8 Å². The number of piperidine rings is 1. The molecule has 0 aromatic rings. The second-order valence-electron chi connectivity index (χ2n) is 4.96. The van der Waals surface area contributed by atoms with E-state index in [1.807, 2.05) is 0 Å². The number of fused-ring (bicyclic) bond motifs is 1. The van der Waals surface area contributed by atoms with Crippen LogP contribution in [0.4, 0.5) is 0 Å². The highest BCUT2D eigenvalue weighted by molar-refractivity contribution is 5.01. The van der Waals surface area contributed by atoms with E-state index in [2.05, 4.69) is 10.8 Å². The monoisotopic (exact) mass is 207 g/mol. The van der Waals surface area contributed by atoms with Crippen LogP contribution in [0, 0.1) is 12.3 Å². The van der Waals surface area contributed by atoms with E-state index in [0.29, 0.717) is 6.04 Å². The fourth-order valence-corrected chi connectivity index (χ4v) is 3.16. The molecule has 0 aromatic carbocycles. The zero-order valence-corrected chi connectivity index (χ0v) is 9.41. The Morgan fingerprint density at radius 1 is 1.40 bits per heavy atom. The van der Waals surface area contributed by atoms with Crippen LogP contribution in [-0.2, 0) is 0 Å². The molecular formula is C13H21NO. The van der Waals surface area contributed by atoms with Gasteiger partial charge in [0.2, 0.25) is 0 Å². The second kappa shape index (κ2) is 4.55. The summed E-state index contributed by atoms with van der Waals surface area (Å²) in [4.78, 5) is 2.47. The molecule has 2 unspecified atom stereocenters. The Hall–Kier alpha value is -0.520. The van der Waals surface area contributed by atoms with E-state index in [-0.39, 0.29) is 0 Å². The van der Waals surface area contributed by atoms with Crippen LogP contribution in [0.15, 0.2) is 0 Å². The van der Waals surface area contributed by atoms with Gasteiger partial charge in [-0.1, -0.05) is 6.42 Å². The molecule has 2 nitrogen and oxygen atoms in total. The van der Waals surface area contributed by atoms with Gasteiger partial charge in [0.25, 0.3) is 0 Å². The van der Waals surface area contributed by atoms with Gasteiger partial charge in [-0.3, -0.25) is 4.90 Å². The van der Waals surface area contributed by atoms with Crippen molar-refractivity contribution in [2.75, 3.05) is 13.1 Å². The van der Waals surface area contributed by atoms with Crippen molar-refractivity contribution in [3.8, 4) is 12.3 Å². The van der Waals surface area contributed by atoms with Gasteiger partial charge in [0.15, 0.2) is 0 Å². The van der Waals surface area contributed by atoms with Crippen LogP contribution in [-0.4, -0.2) is 34.7 Å². The van der Waals surface area contributed by atoms with Gasteiger partial charge >= 0.3 is 0 Å². The van der Waals surface area contributed by atoms with E-state index >= 15 is 0 Å². The summed E-state index contributed by atoms with van der Waals surface area (Å²) in [5.74, 6) is 2.66. The van der Waals surface area contributed by atoms with Crippen molar-refractivity contribution in [1.82, 2.24) is 4.90 Å². The van der Waals surface area contributed by atoms with Gasteiger partial charge in [-0.25, -0.2) is 0 Å². The molecule has 0 radical (unpaired) electrons. The fourth-order valence-electron chi connectivity index (χ4n) is 3.16. The molecule has 2 rings (SSSR count). The van der Waals surface area contributed by atoms with Crippen LogP contribution >= 0.6 is 0 Å². The van der Waals surface area contributed by atoms with Crippen molar-refractivity contribution in [1.29, 1.82) is 0 Å². The summed E-state index contributed by atoms with van der Waals surface area (Å²) in [5, 5.41) is 10.6. The molecule has 2 saturated heterocycles. The molecular weight excluding hydrogens is 186 g/mol. The molecule has 2 fully saturated rings. The molecule has 84 valence electrons. The van der Waals surface area contributed by atoms with Crippen LogP contribution in [0.25, 0.3) is 0 Å². The Balaban J connectivity index is 1.93. The Bertz CT molecular complexity index is 258. The minimum atomic E-state index is -0.433. The third-order valence-corrected chi connectivity index (χ3v) is 4.00. The number of nitrogens with zero attached hydrogens (tertiary/aromatic N) is 1. The standard InChI is InChI=1S/C13H21NO/c1-2-3-5-8-13(15)9-11-14-10-6-4-7-12(13)14/h1,12,15H,3-11H2. The van der Waals surface area contributed by atoms with Gasteiger partial charge in [-0.05, 0) is 38.6 Å². The Morgan fingerprint density at radius 2 is 2.27 bits per heavy atom. The molecule has 1 N–H and O–H groups in total. The summed E-state index contributed by atoms with van der Waals surface area (Å²) in [6, 6.07) is 0.420. The quantitative estimate of drug-likeness (QED) is 0.563. The molecule has 15 heavy (non-hydrogen) atoms. The fraction of sp³-hybridized carbons (Fsp3) is 0.846. The SMILES string of the molecule is C#CCCCC1(O)CCN2CCCCC21. The van der Waals surface area contributed by atoms with E-state index in [9.17, 15) is 5.11 Å². The zero-order valence-electron chi connectivity index (χ0n) is 9.41. The largest absolute Gasteiger partial charge is 0.388 e. The highest BCUT2D eigenvalue weighted by Crippen LogP contribution is 2.38. The lowest BCUT2D eigenvalue weighted by atomic mass is 9.85. The minimum absolute atomic E-state index is 0.420. The van der Waals surface area contributed by atoms with E-state index in [1.54, 1.807) is 0 Å². The van der Waals surface area contributed by atoms with Crippen LogP contribution in [0.5, 0.6) is 0 Å². The predicted molar refractivity (Wildman–Crippen MR) is 61.5 cm³/mol. The topological polar surface area (TPSA) is 23.5 Å². The van der Waals surface area contributed by atoms with Crippen molar-refractivity contribution >= 4 is 0 Å². The first-order valence-corrected chi connectivity index (χ1v) is 6.16. The highest BCUT2D eigenvalue weighted by Gasteiger charge is 2.45. The van der Waals surface area contributed by atoms with Crippen molar-refractivity contribution in [2.45, 2.75) is 56.6 Å². The molecule has 0 bridgehead atoms. The lowest BCUT2D eigenvalue weighted by molar-refractivity contribution is -0.0170. The van der Waals surface area contributed by atoms with Gasteiger partial charge < -0.3 is 5.11 Å². The van der Waals surface area contributed by atoms with Crippen molar-refractivity contribution < 1.29 is 5.11 Å². The van der Waals surface area contributed by atoms with Crippen molar-refractivity contribution in [3.63, 3.8) is 0 Å². The number of aliphatic hydroxyl groups is 1. The summed E-state index contributed by atoms with van der Waals surface area (Å²) in [6.07, 6.45) is 12.6. The lowest BCUT2D eigenvalue weighted by Crippen LogP contribution is -2.46. The molecule has 2 atom stereocenters. The molecule has 2 aliphatic heterocycles. The van der Waals surface area contributed by atoms with Gasteiger partial charge in [0.05, 0.1) is 5.60 Å². The minimum Gasteiger partial charge on any atom is -0.388 e. The van der Waals surface area contributed by atoms with E-state index in [4.69, 9.17) is 6.42 Å². The first-order chi connectivity index (χ1) is 7.26. The normalized spacial score (nSPS) is 36.1. The summed E-state index contributed by atoms with van der Waals surface area (Å²) < 4.78 is 0. The molecule has 2 heterocycles. The predicted octanol–water partition coefficient (Wildman–Crippen LogP) is 1.78. The average Bonchev–Trinajstić information content (AvgIpc) is 2.59. The third-order valence-electron chi connectivity index (χ3n) is 4.00. The molecule has 0 aromatic heterocycles. The smallest absolute Gasteiger partial charge is 0.0814 e. The number of unbranched alkanes of at least 4 members (excludes halogenated alkanes) is 1.